The molecule has 3 aromatic rings. The van der Waals surface area contributed by atoms with Gasteiger partial charge in [0.25, 0.3) is 5.91 Å². The zero-order valence-corrected chi connectivity index (χ0v) is 28.5. The molecule has 3 heterocycles. The maximum absolute atomic E-state index is 13.1. The molecule has 46 heavy (non-hydrogen) atoms. The number of thioether (sulfide) groups is 1. The summed E-state index contributed by atoms with van der Waals surface area (Å²) in [5.74, 6) is 1.47. The number of piperidine rings is 1. The van der Waals surface area contributed by atoms with Gasteiger partial charge in [0, 0.05) is 68.6 Å². The molecule has 0 N–H and O–H groups in total. The van der Waals surface area contributed by atoms with Gasteiger partial charge >= 0.3 is 5.97 Å². The molecule has 1 aromatic heterocycles. The second-order valence-electron chi connectivity index (χ2n) is 13.0. The molecular weight excluding hydrogens is 595 g/mol. The van der Waals surface area contributed by atoms with E-state index in [1.807, 2.05) is 42.2 Å². The van der Waals surface area contributed by atoms with E-state index in [0.29, 0.717) is 43.9 Å². The summed E-state index contributed by atoms with van der Waals surface area (Å²) in [4.78, 5) is 41.8. The monoisotopic (exact) mass is 641 g/mol. The van der Waals surface area contributed by atoms with Crippen LogP contribution in [0.25, 0.3) is 6.08 Å². The molecule has 0 saturated carbocycles. The molecule has 2 aromatic carbocycles. The van der Waals surface area contributed by atoms with Gasteiger partial charge in [0.05, 0.1) is 18.2 Å². The van der Waals surface area contributed by atoms with E-state index in [4.69, 9.17) is 14.7 Å². The van der Waals surface area contributed by atoms with Crippen molar-refractivity contribution in [1.29, 1.82) is 0 Å². The second-order valence-corrected chi connectivity index (χ2v) is 14.0. The lowest BCUT2D eigenvalue weighted by Crippen LogP contribution is -2.46. The predicted molar refractivity (Wildman–Crippen MR) is 186 cm³/mol. The van der Waals surface area contributed by atoms with Crippen LogP contribution in [0.5, 0.6) is 0 Å². The van der Waals surface area contributed by atoms with Gasteiger partial charge in [0.2, 0.25) is 0 Å². The first-order valence-corrected chi connectivity index (χ1v) is 17.4. The number of carbonyl (C=O) groups is 2. The van der Waals surface area contributed by atoms with E-state index in [1.54, 1.807) is 11.8 Å². The van der Waals surface area contributed by atoms with Gasteiger partial charge in [-0.3, -0.25) is 14.5 Å². The Hall–Kier alpha value is -3.69. The fraction of sp³-hybridized carbons (Fsp3) is 0.459. The number of rotatable bonds is 10. The largest absolute Gasteiger partial charge is 0.466 e. The Morgan fingerprint density at radius 3 is 2.28 bits per heavy atom. The Bertz CT molecular complexity index is 1470. The predicted octanol–water partition coefficient (Wildman–Crippen LogP) is 6.32. The van der Waals surface area contributed by atoms with Crippen molar-refractivity contribution in [2.45, 2.75) is 56.9 Å². The van der Waals surface area contributed by atoms with Gasteiger partial charge in [-0.05, 0) is 43.0 Å². The lowest BCUT2D eigenvalue weighted by atomic mass is 9.92. The lowest BCUT2D eigenvalue weighted by molar-refractivity contribution is -0.149. The summed E-state index contributed by atoms with van der Waals surface area (Å²) >= 11 is 1.63. The molecule has 0 bridgehead atoms. The van der Waals surface area contributed by atoms with E-state index in [1.165, 1.54) is 5.56 Å². The highest BCUT2D eigenvalue weighted by molar-refractivity contribution is 7.98. The van der Waals surface area contributed by atoms with Crippen LogP contribution in [0.15, 0.2) is 71.9 Å². The van der Waals surface area contributed by atoms with Crippen molar-refractivity contribution >= 4 is 35.5 Å². The third-order valence-electron chi connectivity index (χ3n) is 8.60. The van der Waals surface area contributed by atoms with Crippen molar-refractivity contribution < 1.29 is 14.3 Å². The summed E-state index contributed by atoms with van der Waals surface area (Å²) in [6.07, 6.45) is 5.74. The Kier molecular flexibility index (Phi) is 11.5. The molecule has 0 atom stereocenters. The molecule has 8 nitrogen and oxygen atoms in total. The zero-order valence-electron chi connectivity index (χ0n) is 27.7. The third-order valence-corrected chi connectivity index (χ3v) is 9.52. The molecule has 0 radical (unpaired) electrons. The van der Waals surface area contributed by atoms with Gasteiger partial charge in [-0.15, -0.1) is 0 Å². The van der Waals surface area contributed by atoms with E-state index >= 15 is 0 Å². The van der Waals surface area contributed by atoms with Crippen molar-refractivity contribution in [3.63, 3.8) is 0 Å². The molecule has 2 saturated heterocycles. The first kappa shape index (κ1) is 33.7. The SMILES string of the molecule is CCOC(=O)C1CCN(C(=O)c2ccc(CSc3nc(N4CCN(C/C=C/c5ccccc5)CC4)cc(C(C)(C)C)n3)cc2)CC1. The van der Waals surface area contributed by atoms with Gasteiger partial charge in [0.15, 0.2) is 5.16 Å². The Balaban J connectivity index is 1.16. The normalized spacial score (nSPS) is 16.6. The smallest absolute Gasteiger partial charge is 0.309 e. The molecular formula is C37H47N5O3S. The van der Waals surface area contributed by atoms with E-state index in [0.717, 1.165) is 55.0 Å². The zero-order chi connectivity index (χ0) is 32.5. The van der Waals surface area contributed by atoms with Gasteiger partial charge in [-0.1, -0.05) is 87.1 Å². The van der Waals surface area contributed by atoms with E-state index in [9.17, 15) is 9.59 Å². The molecule has 0 unspecified atom stereocenters. The minimum absolute atomic E-state index is 0.0136. The molecule has 2 aliphatic heterocycles. The number of aromatic nitrogens is 2. The number of hydrogen-bond donors (Lipinski definition) is 0. The average molecular weight is 642 g/mol. The summed E-state index contributed by atoms with van der Waals surface area (Å²) in [7, 11) is 0. The quantitative estimate of drug-likeness (QED) is 0.145. The van der Waals surface area contributed by atoms with Crippen LogP contribution >= 0.6 is 11.8 Å². The maximum atomic E-state index is 13.1. The van der Waals surface area contributed by atoms with Gasteiger partial charge in [-0.2, -0.15) is 0 Å². The number of amides is 1. The third kappa shape index (κ3) is 9.19. The van der Waals surface area contributed by atoms with Crippen molar-refractivity contribution in [2.24, 2.45) is 5.92 Å². The van der Waals surface area contributed by atoms with Gasteiger partial charge < -0.3 is 14.5 Å². The van der Waals surface area contributed by atoms with Crippen molar-refractivity contribution in [1.82, 2.24) is 19.8 Å². The number of anilines is 1. The van der Waals surface area contributed by atoms with Crippen LogP contribution in [0.1, 0.15) is 67.7 Å². The molecule has 2 aliphatic rings. The highest BCUT2D eigenvalue weighted by Gasteiger charge is 2.29. The summed E-state index contributed by atoms with van der Waals surface area (Å²) in [6, 6.07) is 20.4. The van der Waals surface area contributed by atoms with Crippen LogP contribution in [-0.2, 0) is 20.7 Å². The Labute approximate surface area is 278 Å². The van der Waals surface area contributed by atoms with Crippen molar-refractivity contribution in [3.8, 4) is 0 Å². The van der Waals surface area contributed by atoms with E-state index in [2.05, 4.69) is 73.1 Å². The Morgan fingerprint density at radius 1 is 0.935 bits per heavy atom. The first-order chi connectivity index (χ1) is 22.2. The number of benzene rings is 2. The number of esters is 1. The topological polar surface area (TPSA) is 78.9 Å². The number of carbonyl (C=O) groups excluding carboxylic acids is 2. The molecule has 0 spiro atoms. The number of likely N-dealkylation sites (tertiary alicyclic amines) is 1. The average Bonchev–Trinajstić information content (AvgIpc) is 3.08. The molecule has 5 rings (SSSR count). The molecule has 2 fully saturated rings. The number of piperazine rings is 1. The van der Waals surface area contributed by atoms with Gasteiger partial charge in [0.1, 0.15) is 5.82 Å². The highest BCUT2D eigenvalue weighted by Crippen LogP contribution is 2.29. The first-order valence-electron chi connectivity index (χ1n) is 16.5. The summed E-state index contributed by atoms with van der Waals surface area (Å²) in [6.45, 7) is 14.7. The van der Waals surface area contributed by atoms with Crippen LogP contribution in [0, 0.1) is 5.92 Å². The minimum Gasteiger partial charge on any atom is -0.466 e. The Morgan fingerprint density at radius 2 is 1.63 bits per heavy atom. The fourth-order valence-electron chi connectivity index (χ4n) is 5.74. The summed E-state index contributed by atoms with van der Waals surface area (Å²) in [5.41, 5.74) is 3.97. The van der Waals surface area contributed by atoms with Gasteiger partial charge in [-0.25, -0.2) is 9.97 Å². The highest BCUT2D eigenvalue weighted by atomic mass is 32.2. The van der Waals surface area contributed by atoms with E-state index < -0.39 is 0 Å². The minimum atomic E-state index is -0.147. The number of nitrogens with zero attached hydrogens (tertiary/aromatic N) is 5. The molecule has 9 heteroatoms. The second kappa shape index (κ2) is 15.7. The van der Waals surface area contributed by atoms with Crippen LogP contribution in [-0.4, -0.2) is 84.1 Å². The maximum Gasteiger partial charge on any atom is 0.309 e. The van der Waals surface area contributed by atoms with Crippen LogP contribution in [0.4, 0.5) is 5.82 Å². The van der Waals surface area contributed by atoms with Crippen LogP contribution < -0.4 is 4.90 Å². The van der Waals surface area contributed by atoms with Crippen molar-refractivity contribution in [2.75, 3.05) is 57.3 Å². The van der Waals surface area contributed by atoms with Crippen LogP contribution in [0.3, 0.4) is 0 Å². The summed E-state index contributed by atoms with van der Waals surface area (Å²) < 4.78 is 5.16. The molecule has 244 valence electrons. The standard InChI is InChI=1S/C37H47N5O3S/c1-5-45-35(44)31-17-20-42(21-18-31)34(43)30-15-13-29(14-16-30)27-46-36-38-32(37(2,3)4)26-33(39-36)41-24-22-40(23-25-41)19-9-12-28-10-7-6-8-11-28/h6-16,26,31H,5,17-25,27H2,1-4H3/b12-9+. The fourth-order valence-corrected chi connectivity index (χ4v) is 6.55. The summed E-state index contributed by atoms with van der Waals surface area (Å²) in [5, 5.41) is 0.778. The number of ether oxygens (including phenoxy) is 1. The van der Waals surface area contributed by atoms with Crippen LogP contribution in [0.2, 0.25) is 0 Å². The number of hydrogen-bond acceptors (Lipinski definition) is 8. The van der Waals surface area contributed by atoms with Crippen molar-refractivity contribution in [3.05, 3.63) is 89.1 Å². The molecule has 1 amide bonds. The molecule has 0 aliphatic carbocycles. The van der Waals surface area contributed by atoms with E-state index in [-0.39, 0.29) is 23.2 Å². The lowest BCUT2D eigenvalue weighted by Gasteiger charge is -2.35.